The number of carbonyl (C=O) groups is 3. The van der Waals surface area contributed by atoms with Crippen LogP contribution in [0.25, 0.3) is 0 Å². The smallest absolute Gasteiger partial charge is 0.306 e. The molecule has 0 saturated carbocycles. The van der Waals surface area contributed by atoms with Crippen LogP contribution in [0.1, 0.15) is 361 Å². The van der Waals surface area contributed by atoms with E-state index in [9.17, 15) is 19.5 Å². The second-order valence-corrected chi connectivity index (χ2v) is 26.9. The fourth-order valence-electron chi connectivity index (χ4n) is 11.1. The van der Waals surface area contributed by atoms with Gasteiger partial charge in [-0.1, -0.05) is 331 Å². The van der Waals surface area contributed by atoms with E-state index in [1.165, 1.54) is 257 Å². The lowest BCUT2D eigenvalue weighted by molar-refractivity contribution is -0.870. The minimum Gasteiger partial charge on any atom is -0.545 e. The van der Waals surface area contributed by atoms with Crippen LogP contribution in [0.15, 0.2) is 72.9 Å². The molecular weight excluding hydrogens is 1100 g/mol. The van der Waals surface area contributed by atoms with Crippen LogP contribution in [-0.4, -0.2) is 82.3 Å². The van der Waals surface area contributed by atoms with Crippen molar-refractivity contribution in [1.29, 1.82) is 0 Å². The average molecular weight is 1250 g/mol. The number of rotatable bonds is 71. The van der Waals surface area contributed by atoms with Gasteiger partial charge in [0, 0.05) is 12.8 Å². The van der Waals surface area contributed by atoms with E-state index in [0.717, 1.165) is 70.6 Å². The first kappa shape index (κ1) is 85.7. The minimum atomic E-state index is -1.62. The molecule has 0 aliphatic rings. The highest BCUT2D eigenvalue weighted by molar-refractivity contribution is 5.70. The van der Waals surface area contributed by atoms with Crippen LogP contribution in [0.2, 0.25) is 0 Å². The molecule has 0 aromatic heterocycles. The topological polar surface area (TPSA) is 111 Å². The number of hydrogen-bond acceptors (Lipinski definition) is 8. The Kier molecular flexibility index (Phi) is 68.0. The van der Waals surface area contributed by atoms with Crippen molar-refractivity contribution in [3.63, 3.8) is 0 Å². The molecule has 0 aromatic carbocycles. The van der Waals surface area contributed by atoms with Crippen molar-refractivity contribution in [2.75, 3.05) is 47.5 Å². The molecule has 0 rings (SSSR count). The number of carboxylic acids is 1. The number of quaternary nitrogens is 1. The molecule has 0 saturated heterocycles. The lowest BCUT2D eigenvalue weighted by Gasteiger charge is -2.26. The molecule has 0 aliphatic carbocycles. The predicted octanol–water partition coefficient (Wildman–Crippen LogP) is 22.7. The van der Waals surface area contributed by atoms with Crippen molar-refractivity contribution < 1.29 is 42.9 Å². The lowest BCUT2D eigenvalue weighted by Crippen LogP contribution is -2.44. The predicted molar refractivity (Wildman–Crippen MR) is 380 cm³/mol. The zero-order valence-corrected chi connectivity index (χ0v) is 59.3. The lowest BCUT2D eigenvalue weighted by atomic mass is 10.0. The van der Waals surface area contributed by atoms with Crippen LogP contribution in [0.3, 0.4) is 0 Å². The van der Waals surface area contributed by atoms with E-state index in [0.29, 0.717) is 17.4 Å². The molecule has 0 aromatic rings. The van der Waals surface area contributed by atoms with Gasteiger partial charge in [-0.15, -0.1) is 0 Å². The number of allylic oxidation sites excluding steroid dienone is 12. The van der Waals surface area contributed by atoms with E-state index in [-0.39, 0.29) is 38.6 Å². The molecule has 0 heterocycles. The Morgan fingerprint density at radius 3 is 0.899 bits per heavy atom. The number of likely N-dealkylation sites (N-methyl/N-ethyl adjacent to an activating group) is 1. The van der Waals surface area contributed by atoms with Gasteiger partial charge in [-0.05, 0) is 89.9 Å². The van der Waals surface area contributed by atoms with Gasteiger partial charge in [0.05, 0.1) is 40.3 Å². The molecule has 0 spiro atoms. The highest BCUT2D eigenvalue weighted by Gasteiger charge is 2.22. The van der Waals surface area contributed by atoms with E-state index < -0.39 is 24.3 Å². The van der Waals surface area contributed by atoms with Gasteiger partial charge in [-0.3, -0.25) is 9.59 Å². The quantitative estimate of drug-likeness (QED) is 0.0195. The fourth-order valence-corrected chi connectivity index (χ4v) is 11.1. The molecule has 2 atom stereocenters. The molecule has 9 heteroatoms. The van der Waals surface area contributed by atoms with Gasteiger partial charge in [0.25, 0.3) is 0 Å². The summed E-state index contributed by atoms with van der Waals surface area (Å²) < 4.78 is 22.8. The maximum absolute atomic E-state index is 13.0. The zero-order valence-electron chi connectivity index (χ0n) is 59.3. The van der Waals surface area contributed by atoms with Gasteiger partial charge in [-0.25, -0.2) is 0 Å². The number of hydrogen-bond donors (Lipinski definition) is 0. The largest absolute Gasteiger partial charge is 0.545 e. The van der Waals surface area contributed by atoms with Crippen LogP contribution in [0, 0.1) is 0 Å². The number of carbonyl (C=O) groups excluding carboxylic acids is 3. The zero-order chi connectivity index (χ0) is 64.7. The average Bonchev–Trinajstić information content (AvgIpc) is 3.64. The van der Waals surface area contributed by atoms with Gasteiger partial charge in [0.2, 0.25) is 0 Å². The third kappa shape index (κ3) is 72.0. The molecule has 0 bridgehead atoms. The molecule has 2 unspecified atom stereocenters. The number of nitrogens with zero attached hydrogens (tertiary/aromatic N) is 1. The summed E-state index contributed by atoms with van der Waals surface area (Å²) >= 11 is 0. The SMILES string of the molecule is CCCCCCC/C=C\C/C=C\C/C=C\CCCCCCCCCCCCCCCCCCCCCCCCCCCCC(=O)OC(COC(=O)CCCCCCCCCC/C=C\C/C=C\C/C=C\CCCCCCC)COC(OCC[N+](C)(C)C)C(=O)[O-]. The summed E-state index contributed by atoms with van der Waals surface area (Å²) in [5, 5.41) is 11.8. The standard InChI is InChI=1S/C80H145NO8/c1-6-8-10-12-14-16-18-20-22-24-26-28-30-31-32-33-34-35-36-37-38-39-40-41-42-43-44-45-46-47-49-51-53-55-57-59-61-63-65-67-69-71-78(83)89-76(75-88-80(79(84)85)86-73-72-81(3,4)5)74-87-77(82)70-68-66-64-62-60-58-56-54-52-50-48-29-27-25-23-21-19-17-15-13-11-9-7-2/h18-21,24-27,30-31,48,50,76,80H,6-17,22-23,28-29,32-47,49,51-75H2,1-5H3/b20-18-,21-19-,26-24-,27-25-,31-30-,50-48-. The summed E-state index contributed by atoms with van der Waals surface area (Å²) in [4.78, 5) is 37.5. The summed E-state index contributed by atoms with van der Waals surface area (Å²) in [5.74, 6) is -2.27. The van der Waals surface area contributed by atoms with Crippen molar-refractivity contribution in [1.82, 2.24) is 0 Å². The number of unbranched alkanes of at least 4 members (excludes halogenated alkanes) is 44. The van der Waals surface area contributed by atoms with E-state index in [1.54, 1.807) is 0 Å². The summed E-state index contributed by atoms with van der Waals surface area (Å²) in [6.45, 7) is 4.76. The van der Waals surface area contributed by atoms with Crippen LogP contribution in [0.4, 0.5) is 0 Å². The van der Waals surface area contributed by atoms with Gasteiger partial charge in [0.1, 0.15) is 13.2 Å². The minimum absolute atomic E-state index is 0.146. The number of esters is 2. The third-order valence-electron chi connectivity index (χ3n) is 16.9. The Morgan fingerprint density at radius 1 is 0.337 bits per heavy atom. The first-order chi connectivity index (χ1) is 43.6. The van der Waals surface area contributed by atoms with E-state index in [2.05, 4.69) is 86.8 Å². The fraction of sp³-hybridized carbons (Fsp3) is 0.812. The van der Waals surface area contributed by atoms with E-state index in [1.807, 2.05) is 21.1 Å². The number of carboxylic acid groups (broad SMARTS) is 1. The number of ether oxygens (including phenoxy) is 4. The van der Waals surface area contributed by atoms with E-state index >= 15 is 0 Å². The van der Waals surface area contributed by atoms with Gasteiger partial charge < -0.3 is 33.3 Å². The highest BCUT2D eigenvalue weighted by Crippen LogP contribution is 2.19. The second-order valence-electron chi connectivity index (χ2n) is 26.9. The van der Waals surface area contributed by atoms with Crippen LogP contribution in [-0.2, 0) is 33.3 Å². The first-order valence-electron chi connectivity index (χ1n) is 38.1. The second kappa shape index (κ2) is 70.6. The Balaban J connectivity index is 3.98. The Hall–Kier alpha value is -3.27. The van der Waals surface area contributed by atoms with Gasteiger partial charge >= 0.3 is 11.9 Å². The summed E-state index contributed by atoms with van der Waals surface area (Å²) in [5.41, 5.74) is 0. The molecule has 0 aliphatic heterocycles. The highest BCUT2D eigenvalue weighted by atomic mass is 16.7. The van der Waals surface area contributed by atoms with Crippen LogP contribution in [0.5, 0.6) is 0 Å². The summed E-state index contributed by atoms with van der Waals surface area (Å²) in [7, 11) is 5.94. The van der Waals surface area contributed by atoms with Crippen molar-refractivity contribution in [2.45, 2.75) is 373 Å². The molecular formula is C80H145NO8. The molecule has 0 fully saturated rings. The number of aliphatic carboxylic acids is 1. The summed E-state index contributed by atoms with van der Waals surface area (Å²) in [6, 6.07) is 0. The van der Waals surface area contributed by atoms with Crippen LogP contribution >= 0.6 is 0 Å². The summed E-state index contributed by atoms with van der Waals surface area (Å²) in [6.07, 6.45) is 91.6. The third-order valence-corrected chi connectivity index (χ3v) is 16.9. The Bertz CT molecular complexity index is 1690. The molecule has 0 amide bonds. The monoisotopic (exact) mass is 1250 g/mol. The molecule has 0 N–H and O–H groups in total. The van der Waals surface area contributed by atoms with Gasteiger partial charge in [-0.2, -0.15) is 0 Å². The first-order valence-corrected chi connectivity index (χ1v) is 38.1. The van der Waals surface area contributed by atoms with Crippen molar-refractivity contribution in [2.24, 2.45) is 0 Å². The van der Waals surface area contributed by atoms with Crippen LogP contribution < -0.4 is 5.11 Å². The maximum Gasteiger partial charge on any atom is 0.306 e. The van der Waals surface area contributed by atoms with Crippen molar-refractivity contribution >= 4 is 17.9 Å². The van der Waals surface area contributed by atoms with Gasteiger partial charge in [0.15, 0.2) is 12.4 Å². The Morgan fingerprint density at radius 2 is 0.607 bits per heavy atom. The van der Waals surface area contributed by atoms with Crippen molar-refractivity contribution in [3.8, 4) is 0 Å². The van der Waals surface area contributed by atoms with E-state index in [4.69, 9.17) is 18.9 Å². The maximum atomic E-state index is 13.0. The molecule has 0 radical (unpaired) electrons. The molecule has 89 heavy (non-hydrogen) atoms. The normalized spacial score (nSPS) is 13.0. The molecule has 9 nitrogen and oxygen atoms in total. The molecule has 518 valence electrons. The van der Waals surface area contributed by atoms with Crippen molar-refractivity contribution in [3.05, 3.63) is 72.9 Å². The Labute approximate surface area is 551 Å².